The van der Waals surface area contributed by atoms with Gasteiger partial charge in [0.05, 0.1) is 6.61 Å². The molecule has 0 aliphatic rings. The Morgan fingerprint density at radius 1 is 1.39 bits per heavy atom. The Hall–Kier alpha value is -1.42. The fourth-order valence-electron chi connectivity index (χ4n) is 1.74. The van der Waals surface area contributed by atoms with Gasteiger partial charge in [-0.2, -0.15) is 0 Å². The summed E-state index contributed by atoms with van der Waals surface area (Å²) in [7, 11) is 0. The Labute approximate surface area is 107 Å². The van der Waals surface area contributed by atoms with Crippen molar-refractivity contribution in [3.05, 3.63) is 35.1 Å². The lowest BCUT2D eigenvalue weighted by molar-refractivity contribution is 0.0719. The van der Waals surface area contributed by atoms with Gasteiger partial charge in [0, 0.05) is 18.7 Å². The molecule has 0 saturated carbocycles. The van der Waals surface area contributed by atoms with Crippen molar-refractivity contribution in [1.82, 2.24) is 4.90 Å². The molecule has 0 spiro atoms. The largest absolute Gasteiger partial charge is 0.395 e. The zero-order chi connectivity index (χ0) is 13.5. The maximum Gasteiger partial charge on any atom is 0.253 e. The minimum atomic E-state index is -0.311. The predicted molar refractivity (Wildman–Crippen MR) is 69.0 cm³/mol. The van der Waals surface area contributed by atoms with Crippen molar-refractivity contribution in [1.29, 1.82) is 0 Å². The van der Waals surface area contributed by atoms with Gasteiger partial charge in [0.25, 0.3) is 5.91 Å². The first-order valence-corrected chi connectivity index (χ1v) is 6.26. The van der Waals surface area contributed by atoms with Gasteiger partial charge in [-0.05, 0) is 37.1 Å². The normalized spacial score (nSPS) is 10.4. The van der Waals surface area contributed by atoms with E-state index in [2.05, 4.69) is 0 Å². The third-order valence-corrected chi connectivity index (χ3v) is 2.84. The van der Waals surface area contributed by atoms with E-state index < -0.39 is 0 Å². The van der Waals surface area contributed by atoms with Crippen LogP contribution in [0.5, 0.6) is 0 Å². The van der Waals surface area contributed by atoms with Crippen LogP contribution in [0.2, 0.25) is 0 Å². The fourth-order valence-corrected chi connectivity index (χ4v) is 1.74. The number of rotatable bonds is 6. The van der Waals surface area contributed by atoms with Gasteiger partial charge in [-0.25, -0.2) is 4.39 Å². The van der Waals surface area contributed by atoms with Gasteiger partial charge >= 0.3 is 0 Å². The van der Waals surface area contributed by atoms with Crippen LogP contribution in [0.3, 0.4) is 0 Å². The standard InChI is InChI=1S/C14H20FNO2/c1-3-4-7-16(8-9-17)14(18)12-5-6-13(15)11(2)10-12/h5-6,10,17H,3-4,7-9H2,1-2H3. The van der Waals surface area contributed by atoms with Gasteiger partial charge in [-0.1, -0.05) is 13.3 Å². The van der Waals surface area contributed by atoms with E-state index in [1.807, 2.05) is 6.92 Å². The van der Waals surface area contributed by atoms with E-state index in [0.717, 1.165) is 12.8 Å². The number of aryl methyl sites for hydroxylation is 1. The highest BCUT2D eigenvalue weighted by Crippen LogP contribution is 2.12. The number of carbonyl (C=O) groups excluding carboxylic acids is 1. The highest BCUT2D eigenvalue weighted by Gasteiger charge is 2.15. The topological polar surface area (TPSA) is 40.5 Å². The third-order valence-electron chi connectivity index (χ3n) is 2.84. The zero-order valence-electron chi connectivity index (χ0n) is 10.9. The van der Waals surface area contributed by atoms with Crippen molar-refractivity contribution < 1.29 is 14.3 Å². The molecule has 1 rings (SSSR count). The number of nitrogens with zero attached hydrogens (tertiary/aromatic N) is 1. The van der Waals surface area contributed by atoms with Crippen molar-refractivity contribution in [3.63, 3.8) is 0 Å². The van der Waals surface area contributed by atoms with E-state index in [1.54, 1.807) is 17.9 Å². The van der Waals surface area contributed by atoms with Crippen molar-refractivity contribution in [3.8, 4) is 0 Å². The summed E-state index contributed by atoms with van der Waals surface area (Å²) in [5.41, 5.74) is 0.929. The van der Waals surface area contributed by atoms with Gasteiger partial charge in [-0.15, -0.1) is 0 Å². The maximum atomic E-state index is 13.1. The lowest BCUT2D eigenvalue weighted by Gasteiger charge is -2.21. The molecule has 18 heavy (non-hydrogen) atoms. The fraction of sp³-hybridized carbons (Fsp3) is 0.500. The summed E-state index contributed by atoms with van der Waals surface area (Å²) in [4.78, 5) is 13.8. The first-order chi connectivity index (χ1) is 8.60. The summed E-state index contributed by atoms with van der Waals surface area (Å²) in [5.74, 6) is -0.464. The Morgan fingerprint density at radius 2 is 2.11 bits per heavy atom. The van der Waals surface area contributed by atoms with Crippen LogP contribution < -0.4 is 0 Å². The predicted octanol–water partition coefficient (Wildman–Crippen LogP) is 2.37. The van der Waals surface area contributed by atoms with Crippen LogP contribution in [0, 0.1) is 12.7 Å². The maximum absolute atomic E-state index is 13.1. The second-order valence-electron chi connectivity index (χ2n) is 4.33. The quantitative estimate of drug-likeness (QED) is 0.845. The number of hydrogen-bond acceptors (Lipinski definition) is 2. The molecule has 1 N–H and O–H groups in total. The molecule has 100 valence electrons. The van der Waals surface area contributed by atoms with Crippen LogP contribution in [0.4, 0.5) is 4.39 Å². The van der Waals surface area contributed by atoms with Crippen LogP contribution in [0.1, 0.15) is 35.7 Å². The average molecular weight is 253 g/mol. The Balaban J connectivity index is 2.83. The number of unbranched alkanes of at least 4 members (excludes halogenated alkanes) is 1. The lowest BCUT2D eigenvalue weighted by atomic mass is 10.1. The van der Waals surface area contributed by atoms with Crippen molar-refractivity contribution >= 4 is 5.91 Å². The Kier molecular flexibility index (Phi) is 5.78. The van der Waals surface area contributed by atoms with Crippen LogP contribution in [0.15, 0.2) is 18.2 Å². The summed E-state index contributed by atoms with van der Waals surface area (Å²) in [5, 5.41) is 8.98. The summed E-state index contributed by atoms with van der Waals surface area (Å²) in [6.45, 7) is 4.55. The molecule has 0 saturated heterocycles. The second-order valence-corrected chi connectivity index (χ2v) is 4.33. The zero-order valence-corrected chi connectivity index (χ0v) is 10.9. The van der Waals surface area contributed by atoms with Gasteiger partial charge in [0.1, 0.15) is 5.82 Å². The molecule has 4 heteroatoms. The summed E-state index contributed by atoms with van der Waals surface area (Å²) in [6, 6.07) is 4.34. The van der Waals surface area contributed by atoms with Gasteiger partial charge in [0.15, 0.2) is 0 Å². The van der Waals surface area contributed by atoms with E-state index in [0.29, 0.717) is 24.2 Å². The molecule has 0 heterocycles. The molecule has 0 bridgehead atoms. The second kappa shape index (κ2) is 7.11. The van der Waals surface area contributed by atoms with Crippen LogP contribution >= 0.6 is 0 Å². The molecule has 0 atom stereocenters. The molecule has 0 unspecified atom stereocenters. The van der Waals surface area contributed by atoms with E-state index >= 15 is 0 Å². The third kappa shape index (κ3) is 3.81. The summed E-state index contributed by atoms with van der Waals surface area (Å²) < 4.78 is 13.1. The molecule has 0 fully saturated rings. The van der Waals surface area contributed by atoms with Crippen LogP contribution in [-0.4, -0.2) is 35.6 Å². The molecule has 1 aromatic carbocycles. The van der Waals surface area contributed by atoms with Crippen molar-refractivity contribution in [2.24, 2.45) is 0 Å². The smallest absolute Gasteiger partial charge is 0.253 e. The molecule has 1 amide bonds. The van der Waals surface area contributed by atoms with Crippen LogP contribution in [-0.2, 0) is 0 Å². The lowest BCUT2D eigenvalue weighted by Crippen LogP contribution is -2.34. The Morgan fingerprint density at radius 3 is 2.67 bits per heavy atom. The number of amides is 1. The van der Waals surface area contributed by atoms with E-state index in [1.165, 1.54) is 12.1 Å². The minimum Gasteiger partial charge on any atom is -0.395 e. The summed E-state index contributed by atoms with van der Waals surface area (Å²) in [6.07, 6.45) is 1.88. The molecule has 0 aliphatic carbocycles. The van der Waals surface area contributed by atoms with Gasteiger partial charge < -0.3 is 10.0 Å². The highest BCUT2D eigenvalue weighted by molar-refractivity contribution is 5.94. The number of carbonyl (C=O) groups is 1. The van der Waals surface area contributed by atoms with E-state index in [-0.39, 0.29) is 18.3 Å². The van der Waals surface area contributed by atoms with Crippen molar-refractivity contribution in [2.45, 2.75) is 26.7 Å². The average Bonchev–Trinajstić information content (AvgIpc) is 2.37. The number of benzene rings is 1. The van der Waals surface area contributed by atoms with Gasteiger partial charge in [-0.3, -0.25) is 4.79 Å². The van der Waals surface area contributed by atoms with E-state index in [4.69, 9.17) is 5.11 Å². The Bertz CT molecular complexity index is 407. The molecule has 0 radical (unpaired) electrons. The SMILES string of the molecule is CCCCN(CCO)C(=O)c1ccc(F)c(C)c1. The highest BCUT2D eigenvalue weighted by atomic mass is 19.1. The number of hydrogen-bond donors (Lipinski definition) is 1. The summed E-state index contributed by atoms with van der Waals surface area (Å²) >= 11 is 0. The molecular weight excluding hydrogens is 233 g/mol. The molecule has 0 aliphatic heterocycles. The van der Waals surface area contributed by atoms with Crippen molar-refractivity contribution in [2.75, 3.05) is 19.7 Å². The first-order valence-electron chi connectivity index (χ1n) is 6.26. The molecule has 0 aromatic heterocycles. The molecular formula is C14H20FNO2. The molecule has 1 aromatic rings. The van der Waals surface area contributed by atoms with Crippen LogP contribution in [0.25, 0.3) is 0 Å². The monoisotopic (exact) mass is 253 g/mol. The first kappa shape index (κ1) is 14.6. The number of halogens is 1. The minimum absolute atomic E-state index is 0.0599. The van der Waals surface area contributed by atoms with E-state index in [9.17, 15) is 9.18 Å². The molecule has 3 nitrogen and oxygen atoms in total. The van der Waals surface area contributed by atoms with Gasteiger partial charge in [0.2, 0.25) is 0 Å². The number of aliphatic hydroxyl groups excluding tert-OH is 1. The number of aliphatic hydroxyl groups is 1.